The van der Waals surface area contributed by atoms with Crippen molar-refractivity contribution in [1.82, 2.24) is 5.32 Å². The predicted octanol–water partition coefficient (Wildman–Crippen LogP) is 4.23. The van der Waals surface area contributed by atoms with E-state index >= 15 is 0 Å². The number of benzene rings is 1. The van der Waals surface area contributed by atoms with Gasteiger partial charge >= 0.3 is 0 Å². The van der Waals surface area contributed by atoms with E-state index in [9.17, 15) is 0 Å². The standard InChI is InChI=1S/C15H16ClNOS/c16-11-2-1-3-13(8-11)18-10-15-7-6-14(19-15)9-17-12-4-5-12/h1-3,6-8,12,17H,4-5,9-10H2. The van der Waals surface area contributed by atoms with Gasteiger partial charge in [0, 0.05) is 27.4 Å². The summed E-state index contributed by atoms with van der Waals surface area (Å²) in [4.78, 5) is 2.61. The molecular formula is C15H16ClNOS. The molecule has 1 aromatic heterocycles. The van der Waals surface area contributed by atoms with Gasteiger partial charge in [0.2, 0.25) is 0 Å². The molecule has 1 N–H and O–H groups in total. The largest absolute Gasteiger partial charge is 0.488 e. The first-order chi connectivity index (χ1) is 9.29. The van der Waals surface area contributed by atoms with Crippen molar-refractivity contribution in [3.63, 3.8) is 0 Å². The van der Waals surface area contributed by atoms with Crippen LogP contribution in [0.25, 0.3) is 0 Å². The minimum absolute atomic E-state index is 0.606. The molecule has 4 heteroatoms. The summed E-state index contributed by atoms with van der Waals surface area (Å²) in [5, 5.41) is 4.23. The van der Waals surface area contributed by atoms with E-state index in [0.717, 1.165) is 18.3 Å². The van der Waals surface area contributed by atoms with Gasteiger partial charge in [-0.3, -0.25) is 0 Å². The summed E-state index contributed by atoms with van der Waals surface area (Å²) < 4.78 is 5.73. The van der Waals surface area contributed by atoms with Crippen LogP contribution >= 0.6 is 22.9 Å². The van der Waals surface area contributed by atoms with Crippen LogP contribution in [0.2, 0.25) is 5.02 Å². The number of ether oxygens (including phenoxy) is 1. The van der Waals surface area contributed by atoms with Crippen molar-refractivity contribution in [3.05, 3.63) is 51.2 Å². The van der Waals surface area contributed by atoms with Crippen molar-refractivity contribution in [1.29, 1.82) is 0 Å². The molecule has 0 spiro atoms. The first-order valence-electron chi connectivity index (χ1n) is 6.49. The van der Waals surface area contributed by atoms with Crippen molar-refractivity contribution in [2.45, 2.75) is 32.0 Å². The zero-order chi connectivity index (χ0) is 13.1. The van der Waals surface area contributed by atoms with Crippen LogP contribution in [0.3, 0.4) is 0 Å². The maximum absolute atomic E-state index is 5.92. The highest BCUT2D eigenvalue weighted by Crippen LogP contribution is 2.23. The Morgan fingerprint density at radius 3 is 2.84 bits per heavy atom. The summed E-state index contributed by atoms with van der Waals surface area (Å²) in [6.07, 6.45) is 2.66. The molecule has 0 bridgehead atoms. The molecule has 1 aliphatic carbocycles. The van der Waals surface area contributed by atoms with Gasteiger partial charge in [0.15, 0.2) is 0 Å². The van der Waals surface area contributed by atoms with Crippen molar-refractivity contribution >= 4 is 22.9 Å². The van der Waals surface area contributed by atoms with Gasteiger partial charge in [-0.15, -0.1) is 11.3 Å². The van der Waals surface area contributed by atoms with Gasteiger partial charge in [-0.2, -0.15) is 0 Å². The molecule has 1 heterocycles. The molecule has 19 heavy (non-hydrogen) atoms. The fourth-order valence-corrected chi connectivity index (χ4v) is 2.90. The third kappa shape index (κ3) is 3.96. The Kier molecular flexibility index (Phi) is 4.06. The minimum atomic E-state index is 0.606. The first kappa shape index (κ1) is 13.0. The summed E-state index contributed by atoms with van der Waals surface area (Å²) in [5.74, 6) is 0.818. The van der Waals surface area contributed by atoms with Gasteiger partial charge in [0.25, 0.3) is 0 Å². The lowest BCUT2D eigenvalue weighted by Crippen LogP contribution is -2.14. The predicted molar refractivity (Wildman–Crippen MR) is 80.0 cm³/mol. The molecule has 1 saturated carbocycles. The van der Waals surface area contributed by atoms with Crippen molar-refractivity contribution in [2.75, 3.05) is 0 Å². The second-order valence-corrected chi connectivity index (χ2v) is 6.46. The van der Waals surface area contributed by atoms with E-state index in [0.29, 0.717) is 11.6 Å². The molecule has 1 aromatic carbocycles. The third-order valence-electron chi connectivity index (χ3n) is 3.04. The number of rotatable bonds is 6. The first-order valence-corrected chi connectivity index (χ1v) is 7.68. The van der Waals surface area contributed by atoms with Crippen LogP contribution in [0.4, 0.5) is 0 Å². The lowest BCUT2D eigenvalue weighted by atomic mass is 10.3. The van der Waals surface area contributed by atoms with Crippen LogP contribution in [0, 0.1) is 0 Å². The van der Waals surface area contributed by atoms with E-state index in [-0.39, 0.29) is 0 Å². The van der Waals surface area contributed by atoms with E-state index in [1.165, 1.54) is 22.6 Å². The lowest BCUT2D eigenvalue weighted by Gasteiger charge is -2.04. The molecule has 3 rings (SSSR count). The van der Waals surface area contributed by atoms with Gasteiger partial charge in [-0.25, -0.2) is 0 Å². The van der Waals surface area contributed by atoms with Crippen LogP contribution in [-0.2, 0) is 13.2 Å². The van der Waals surface area contributed by atoms with E-state index in [4.69, 9.17) is 16.3 Å². The zero-order valence-corrected chi connectivity index (χ0v) is 12.1. The molecule has 0 unspecified atom stereocenters. The van der Waals surface area contributed by atoms with Crippen LogP contribution in [0.15, 0.2) is 36.4 Å². The van der Waals surface area contributed by atoms with Crippen LogP contribution in [-0.4, -0.2) is 6.04 Å². The maximum atomic E-state index is 5.92. The maximum Gasteiger partial charge on any atom is 0.122 e. The second kappa shape index (κ2) is 5.95. The van der Waals surface area contributed by atoms with Crippen molar-refractivity contribution in [2.24, 2.45) is 0 Å². The number of hydrogen-bond donors (Lipinski definition) is 1. The molecule has 1 aliphatic rings. The van der Waals surface area contributed by atoms with E-state index < -0.39 is 0 Å². The number of hydrogen-bond acceptors (Lipinski definition) is 3. The quantitative estimate of drug-likeness (QED) is 0.860. The summed E-state index contributed by atoms with van der Waals surface area (Å²) in [6, 6.07) is 12.6. The molecule has 0 atom stereocenters. The summed E-state index contributed by atoms with van der Waals surface area (Å²) in [6.45, 7) is 1.58. The van der Waals surface area contributed by atoms with Gasteiger partial charge in [-0.05, 0) is 43.2 Å². The number of nitrogens with one attached hydrogen (secondary N) is 1. The Morgan fingerprint density at radius 1 is 1.21 bits per heavy atom. The molecule has 100 valence electrons. The zero-order valence-electron chi connectivity index (χ0n) is 10.6. The van der Waals surface area contributed by atoms with Gasteiger partial charge < -0.3 is 10.1 Å². The lowest BCUT2D eigenvalue weighted by molar-refractivity contribution is 0.310. The van der Waals surface area contributed by atoms with Crippen LogP contribution in [0.5, 0.6) is 5.75 Å². The van der Waals surface area contributed by atoms with Gasteiger partial charge in [-0.1, -0.05) is 17.7 Å². The van der Waals surface area contributed by atoms with E-state index in [2.05, 4.69) is 17.4 Å². The summed E-state index contributed by atoms with van der Waals surface area (Å²) in [7, 11) is 0. The molecule has 2 nitrogen and oxygen atoms in total. The van der Waals surface area contributed by atoms with E-state index in [1.807, 2.05) is 24.3 Å². The van der Waals surface area contributed by atoms with Crippen molar-refractivity contribution in [3.8, 4) is 5.75 Å². The Bertz CT molecular complexity index is 551. The fourth-order valence-electron chi connectivity index (χ4n) is 1.84. The molecule has 2 aromatic rings. The average Bonchev–Trinajstić information content (AvgIpc) is 3.13. The second-order valence-electron chi connectivity index (χ2n) is 4.77. The van der Waals surface area contributed by atoms with Crippen LogP contribution < -0.4 is 10.1 Å². The average molecular weight is 294 g/mol. The molecule has 0 saturated heterocycles. The molecule has 0 amide bonds. The highest BCUT2D eigenvalue weighted by molar-refractivity contribution is 7.11. The Balaban J connectivity index is 1.51. The summed E-state index contributed by atoms with van der Waals surface area (Å²) >= 11 is 7.73. The highest BCUT2D eigenvalue weighted by Gasteiger charge is 2.20. The Morgan fingerprint density at radius 2 is 2.05 bits per heavy atom. The van der Waals surface area contributed by atoms with Crippen molar-refractivity contribution < 1.29 is 4.74 Å². The Hall–Kier alpha value is -1.03. The summed E-state index contributed by atoms with van der Waals surface area (Å²) in [5.41, 5.74) is 0. The van der Waals surface area contributed by atoms with Crippen LogP contribution in [0.1, 0.15) is 22.6 Å². The van der Waals surface area contributed by atoms with E-state index in [1.54, 1.807) is 11.3 Å². The molecule has 0 radical (unpaired) electrons. The number of halogens is 1. The minimum Gasteiger partial charge on any atom is -0.488 e. The van der Waals surface area contributed by atoms with Gasteiger partial charge in [0.1, 0.15) is 12.4 Å². The fraction of sp³-hybridized carbons (Fsp3) is 0.333. The SMILES string of the molecule is Clc1cccc(OCc2ccc(CNC3CC3)s2)c1. The Labute approximate surface area is 122 Å². The molecule has 1 fully saturated rings. The monoisotopic (exact) mass is 293 g/mol. The highest BCUT2D eigenvalue weighted by atomic mass is 35.5. The molecular weight excluding hydrogens is 278 g/mol. The molecule has 0 aliphatic heterocycles. The third-order valence-corrected chi connectivity index (χ3v) is 4.33. The number of thiophene rings is 1. The van der Waals surface area contributed by atoms with Gasteiger partial charge in [0.05, 0.1) is 0 Å². The topological polar surface area (TPSA) is 21.3 Å². The smallest absolute Gasteiger partial charge is 0.122 e. The normalized spacial score (nSPS) is 14.6.